The van der Waals surface area contributed by atoms with E-state index in [1.54, 1.807) is 0 Å². The molecule has 0 spiro atoms. The minimum atomic E-state index is -1.63. The third-order valence-electron chi connectivity index (χ3n) is 4.25. The number of aliphatic carboxylic acids is 1. The van der Waals surface area contributed by atoms with Crippen LogP contribution in [0.3, 0.4) is 0 Å². The van der Waals surface area contributed by atoms with Gasteiger partial charge in [0.05, 0.1) is 31.8 Å². The molecule has 0 heterocycles. The average Bonchev–Trinajstić information content (AvgIpc) is 2.72. The molecular formula is C16H13N5O10S. The van der Waals surface area contributed by atoms with E-state index in [0.717, 1.165) is 29.2 Å². The van der Waals surface area contributed by atoms with Gasteiger partial charge in [0.2, 0.25) is 0 Å². The van der Waals surface area contributed by atoms with Crippen molar-refractivity contribution in [3.63, 3.8) is 0 Å². The van der Waals surface area contributed by atoms with Crippen molar-refractivity contribution in [3.8, 4) is 0 Å². The number of carboxylic acid groups (broad SMARTS) is 1. The van der Waals surface area contributed by atoms with Crippen LogP contribution >= 0.6 is 12.6 Å². The summed E-state index contributed by atoms with van der Waals surface area (Å²) in [5.74, 6) is -1.57. The molecule has 2 aromatic carbocycles. The molecule has 2 aromatic rings. The lowest BCUT2D eigenvalue weighted by atomic mass is 10.1. The van der Waals surface area contributed by atoms with Gasteiger partial charge in [0.15, 0.2) is 0 Å². The van der Waals surface area contributed by atoms with Crippen LogP contribution < -0.4 is 4.90 Å². The lowest BCUT2D eigenvalue weighted by Gasteiger charge is -2.30. The van der Waals surface area contributed by atoms with Crippen LogP contribution in [0.2, 0.25) is 0 Å². The fourth-order valence-electron chi connectivity index (χ4n) is 2.90. The summed E-state index contributed by atoms with van der Waals surface area (Å²) in [5.41, 5.74) is -4.10. The van der Waals surface area contributed by atoms with Crippen molar-refractivity contribution in [1.29, 1.82) is 0 Å². The predicted octanol–water partition coefficient (Wildman–Crippen LogP) is 3.23. The van der Waals surface area contributed by atoms with E-state index in [2.05, 4.69) is 12.6 Å². The standard InChI is InChI=1S/C16H13N5O10S/c22-16(23)13(5-6-32)17(11-3-1-9(18(24)25)7-14(11)20(28)29)12-4-2-10(19(26)27)8-15(12)21(30)31/h1-4,7-8,13,32H,5-6H2,(H,22,23). The Morgan fingerprint density at radius 3 is 1.53 bits per heavy atom. The Kier molecular flexibility index (Phi) is 7.21. The number of carboxylic acids is 1. The van der Waals surface area contributed by atoms with Crippen LogP contribution in [0.4, 0.5) is 34.1 Å². The van der Waals surface area contributed by atoms with Gasteiger partial charge in [-0.25, -0.2) is 4.79 Å². The lowest BCUT2D eigenvalue weighted by Crippen LogP contribution is -2.39. The fraction of sp³-hybridized carbons (Fsp3) is 0.188. The molecule has 0 saturated carbocycles. The molecule has 32 heavy (non-hydrogen) atoms. The molecule has 168 valence electrons. The summed E-state index contributed by atoms with van der Waals surface area (Å²) in [4.78, 5) is 54.2. The zero-order valence-electron chi connectivity index (χ0n) is 15.8. The largest absolute Gasteiger partial charge is 0.480 e. The zero-order valence-corrected chi connectivity index (χ0v) is 16.7. The molecule has 1 N–H and O–H groups in total. The first kappa shape index (κ1) is 23.9. The highest BCUT2D eigenvalue weighted by molar-refractivity contribution is 7.80. The van der Waals surface area contributed by atoms with E-state index in [1.807, 2.05) is 0 Å². The molecule has 0 aromatic heterocycles. The Bertz CT molecular complexity index is 1050. The Morgan fingerprint density at radius 2 is 1.25 bits per heavy atom. The summed E-state index contributed by atoms with van der Waals surface area (Å²) in [7, 11) is 0. The third kappa shape index (κ3) is 4.86. The maximum absolute atomic E-state index is 12.0. The average molecular weight is 467 g/mol. The van der Waals surface area contributed by atoms with Gasteiger partial charge in [0.1, 0.15) is 17.4 Å². The highest BCUT2D eigenvalue weighted by atomic mass is 32.1. The van der Waals surface area contributed by atoms with Crippen LogP contribution in [0, 0.1) is 40.5 Å². The van der Waals surface area contributed by atoms with Crippen molar-refractivity contribution in [2.75, 3.05) is 10.7 Å². The maximum Gasteiger partial charge on any atom is 0.326 e. The van der Waals surface area contributed by atoms with Crippen molar-refractivity contribution in [3.05, 3.63) is 76.9 Å². The van der Waals surface area contributed by atoms with E-state index in [1.165, 1.54) is 0 Å². The molecule has 0 fully saturated rings. The molecule has 1 unspecified atom stereocenters. The number of anilines is 2. The van der Waals surface area contributed by atoms with Crippen molar-refractivity contribution in [1.82, 2.24) is 0 Å². The quantitative estimate of drug-likeness (QED) is 0.294. The minimum absolute atomic E-state index is 0.0466. The Hall–Kier alpha value is -4.34. The Labute approximate surface area is 182 Å². The molecule has 0 amide bonds. The SMILES string of the molecule is O=C(O)C(CCS)N(c1ccc([N+](=O)[O-])cc1[N+](=O)[O-])c1ccc([N+](=O)[O-])cc1[N+](=O)[O-]. The smallest absolute Gasteiger partial charge is 0.326 e. The van der Waals surface area contributed by atoms with Gasteiger partial charge in [0.25, 0.3) is 22.7 Å². The number of nitro benzene ring substituents is 4. The molecule has 0 aliphatic carbocycles. The van der Waals surface area contributed by atoms with Gasteiger partial charge in [-0.3, -0.25) is 40.5 Å². The van der Waals surface area contributed by atoms with E-state index in [-0.39, 0.29) is 12.2 Å². The van der Waals surface area contributed by atoms with Gasteiger partial charge in [-0.05, 0) is 24.3 Å². The number of non-ortho nitro benzene ring substituents is 2. The first-order chi connectivity index (χ1) is 15.0. The summed E-state index contributed by atoms with van der Waals surface area (Å²) >= 11 is 3.96. The molecule has 16 heteroatoms. The second-order valence-electron chi connectivity index (χ2n) is 6.11. The van der Waals surface area contributed by atoms with Gasteiger partial charge in [-0.15, -0.1) is 0 Å². The Balaban J connectivity index is 2.92. The molecule has 0 radical (unpaired) electrons. The second kappa shape index (κ2) is 9.65. The topological polar surface area (TPSA) is 213 Å². The van der Waals surface area contributed by atoms with Crippen molar-refractivity contribution < 1.29 is 29.6 Å². The van der Waals surface area contributed by atoms with Gasteiger partial charge in [0, 0.05) is 12.1 Å². The number of benzene rings is 2. The van der Waals surface area contributed by atoms with Gasteiger partial charge < -0.3 is 10.0 Å². The summed E-state index contributed by atoms with van der Waals surface area (Å²) in [5, 5.41) is 55.0. The normalized spacial score (nSPS) is 11.4. The number of rotatable bonds is 10. The van der Waals surface area contributed by atoms with E-state index in [4.69, 9.17) is 0 Å². The number of nitro groups is 4. The molecule has 1 atom stereocenters. The van der Waals surface area contributed by atoms with Crippen LogP contribution in [0.1, 0.15) is 6.42 Å². The summed E-state index contributed by atoms with van der Waals surface area (Å²) in [6.45, 7) is 0. The third-order valence-corrected chi connectivity index (χ3v) is 4.51. The summed E-state index contributed by atoms with van der Waals surface area (Å²) < 4.78 is 0. The minimum Gasteiger partial charge on any atom is -0.480 e. The molecule has 0 aliphatic rings. The van der Waals surface area contributed by atoms with Crippen LogP contribution in [0.25, 0.3) is 0 Å². The van der Waals surface area contributed by atoms with Crippen molar-refractivity contribution in [2.24, 2.45) is 0 Å². The molecule has 0 saturated heterocycles. The first-order valence-electron chi connectivity index (χ1n) is 8.48. The first-order valence-corrected chi connectivity index (χ1v) is 9.11. The molecule has 2 rings (SSSR count). The van der Waals surface area contributed by atoms with Gasteiger partial charge >= 0.3 is 5.97 Å². The highest BCUT2D eigenvalue weighted by Gasteiger charge is 2.36. The van der Waals surface area contributed by atoms with Crippen LogP contribution in [-0.2, 0) is 4.79 Å². The van der Waals surface area contributed by atoms with Crippen LogP contribution in [0.5, 0.6) is 0 Å². The fourth-order valence-corrected chi connectivity index (χ4v) is 3.15. The summed E-state index contributed by atoms with van der Waals surface area (Å²) in [6.07, 6.45) is -0.249. The van der Waals surface area contributed by atoms with Gasteiger partial charge in [-0.1, -0.05) is 0 Å². The van der Waals surface area contributed by atoms with E-state index < -0.39 is 65.8 Å². The number of carbonyl (C=O) groups is 1. The van der Waals surface area contributed by atoms with Gasteiger partial charge in [-0.2, -0.15) is 12.6 Å². The predicted molar refractivity (Wildman–Crippen MR) is 112 cm³/mol. The lowest BCUT2D eigenvalue weighted by molar-refractivity contribution is -0.393. The van der Waals surface area contributed by atoms with Crippen molar-refractivity contribution >= 4 is 52.7 Å². The molecule has 0 aliphatic heterocycles. The number of nitrogens with zero attached hydrogens (tertiary/aromatic N) is 5. The van der Waals surface area contributed by atoms with Crippen LogP contribution in [-0.4, -0.2) is 42.6 Å². The van der Waals surface area contributed by atoms with E-state index in [0.29, 0.717) is 12.1 Å². The number of thiol groups is 1. The highest BCUT2D eigenvalue weighted by Crippen LogP contribution is 2.43. The van der Waals surface area contributed by atoms with E-state index >= 15 is 0 Å². The monoisotopic (exact) mass is 467 g/mol. The number of hydrogen-bond donors (Lipinski definition) is 2. The molecule has 15 nitrogen and oxygen atoms in total. The second-order valence-corrected chi connectivity index (χ2v) is 6.56. The molecule has 0 bridgehead atoms. The number of hydrogen-bond acceptors (Lipinski definition) is 11. The van der Waals surface area contributed by atoms with E-state index in [9.17, 15) is 50.4 Å². The van der Waals surface area contributed by atoms with Crippen LogP contribution in [0.15, 0.2) is 36.4 Å². The molecular weight excluding hydrogens is 454 g/mol. The van der Waals surface area contributed by atoms with Crippen molar-refractivity contribution in [2.45, 2.75) is 12.5 Å². The summed E-state index contributed by atoms with van der Waals surface area (Å²) in [6, 6.07) is 3.04. The Morgan fingerprint density at radius 1 is 0.844 bits per heavy atom. The maximum atomic E-state index is 12.0. The zero-order chi connectivity index (χ0) is 24.2.